The van der Waals surface area contributed by atoms with Gasteiger partial charge in [0.15, 0.2) is 10.8 Å². The number of thioether (sulfide) groups is 1. The molecule has 3 aromatic rings. The average molecular weight is 399 g/mol. The summed E-state index contributed by atoms with van der Waals surface area (Å²) in [6, 6.07) is 8.09. The highest BCUT2D eigenvalue weighted by Crippen LogP contribution is 2.21. The highest BCUT2D eigenvalue weighted by Gasteiger charge is 2.16. The smallest absolute Gasteiger partial charge is 0.230 e. The number of benzene rings is 1. The molecule has 0 aliphatic carbocycles. The summed E-state index contributed by atoms with van der Waals surface area (Å²) in [6.07, 6.45) is 2.96. The Morgan fingerprint density at radius 3 is 2.71 bits per heavy atom. The van der Waals surface area contributed by atoms with Crippen LogP contribution < -0.4 is 10.8 Å². The fraction of sp³-hybridized carbons (Fsp3) is 0.400. The second-order valence-electron chi connectivity index (χ2n) is 6.64. The number of hydrogen-bond donors (Lipinski definition) is 3. The predicted molar refractivity (Wildman–Crippen MR) is 112 cm³/mol. The second-order valence-corrected chi connectivity index (χ2v) is 7.58. The zero-order valence-corrected chi connectivity index (χ0v) is 17.3. The molecule has 0 saturated carbocycles. The van der Waals surface area contributed by atoms with Crippen LogP contribution in [0.25, 0.3) is 16.7 Å². The molecule has 148 valence electrons. The second kappa shape index (κ2) is 9.05. The lowest BCUT2D eigenvalue weighted by Crippen LogP contribution is -2.27. The summed E-state index contributed by atoms with van der Waals surface area (Å²) in [4.78, 5) is 16.8. The van der Waals surface area contributed by atoms with Crippen molar-refractivity contribution in [3.63, 3.8) is 0 Å². The quantitative estimate of drug-likeness (QED) is 0.308. The van der Waals surface area contributed by atoms with Crippen LogP contribution in [-0.2, 0) is 11.2 Å². The summed E-state index contributed by atoms with van der Waals surface area (Å²) < 4.78 is 1.79. The van der Waals surface area contributed by atoms with Crippen LogP contribution in [0.15, 0.2) is 29.4 Å². The van der Waals surface area contributed by atoms with Crippen LogP contribution >= 0.6 is 11.8 Å². The summed E-state index contributed by atoms with van der Waals surface area (Å²) in [5, 5.41) is 20.0. The Hall–Kier alpha value is -2.61. The topological polar surface area (TPSA) is 99.5 Å². The number of H-pyrrole nitrogens is 1. The van der Waals surface area contributed by atoms with Crippen molar-refractivity contribution in [2.24, 2.45) is 0 Å². The Morgan fingerprint density at radius 1 is 1.29 bits per heavy atom. The van der Waals surface area contributed by atoms with Gasteiger partial charge in [0.1, 0.15) is 5.49 Å². The number of nitrogens with zero attached hydrogens (tertiary/aromatic N) is 3. The van der Waals surface area contributed by atoms with Gasteiger partial charge in [0.25, 0.3) is 0 Å². The highest BCUT2D eigenvalue weighted by atomic mass is 32.2. The Labute approximate surface area is 168 Å². The first kappa shape index (κ1) is 20.1. The lowest BCUT2D eigenvalue weighted by atomic mass is 10.1. The van der Waals surface area contributed by atoms with E-state index in [9.17, 15) is 4.79 Å². The van der Waals surface area contributed by atoms with E-state index < -0.39 is 0 Å². The minimum absolute atomic E-state index is 0.0297. The van der Waals surface area contributed by atoms with E-state index in [-0.39, 0.29) is 11.7 Å². The van der Waals surface area contributed by atoms with E-state index >= 15 is 0 Å². The van der Waals surface area contributed by atoms with Gasteiger partial charge in [-0.25, -0.2) is 4.98 Å². The molecule has 0 spiro atoms. The van der Waals surface area contributed by atoms with Gasteiger partial charge in [-0.1, -0.05) is 44.2 Å². The van der Waals surface area contributed by atoms with Crippen LogP contribution in [0.1, 0.15) is 37.9 Å². The Kier molecular flexibility index (Phi) is 6.51. The summed E-state index contributed by atoms with van der Waals surface area (Å²) in [5.41, 5.74) is 3.70. The molecule has 1 aromatic carbocycles. The van der Waals surface area contributed by atoms with Crippen molar-refractivity contribution in [1.82, 2.24) is 25.1 Å². The molecule has 3 N–H and O–H groups in total. The molecule has 3 rings (SSSR count). The van der Waals surface area contributed by atoms with Crippen LogP contribution in [0.5, 0.6) is 0 Å². The number of amides is 1. The maximum atomic E-state index is 12.1. The average Bonchev–Trinajstić information content (AvgIpc) is 3.08. The van der Waals surface area contributed by atoms with Crippen molar-refractivity contribution in [1.29, 1.82) is 5.41 Å². The van der Waals surface area contributed by atoms with E-state index in [0.717, 1.165) is 30.6 Å². The van der Waals surface area contributed by atoms with E-state index in [2.05, 4.69) is 46.5 Å². The number of nitrogens with one attached hydrogen (secondary N) is 3. The normalized spacial score (nSPS) is 11.1. The number of hydrogen-bond acceptors (Lipinski definition) is 5. The number of aryl methyl sites for hydroxylation is 2. The number of aromatic nitrogens is 4. The van der Waals surface area contributed by atoms with E-state index in [1.165, 1.54) is 17.3 Å². The molecule has 0 unspecified atom stereocenters. The molecule has 0 aliphatic heterocycles. The van der Waals surface area contributed by atoms with Gasteiger partial charge in [-0.2, -0.15) is 5.10 Å². The summed E-state index contributed by atoms with van der Waals surface area (Å²) >= 11 is 1.32. The number of rotatable bonds is 8. The van der Waals surface area contributed by atoms with Gasteiger partial charge in [0.05, 0.1) is 11.1 Å². The zero-order valence-electron chi connectivity index (χ0n) is 16.5. The number of unbranched alkanes of at least 4 members (excludes halogenated alkanes) is 1. The Morgan fingerprint density at radius 2 is 2.04 bits per heavy atom. The molecule has 2 heterocycles. The van der Waals surface area contributed by atoms with E-state index in [4.69, 9.17) is 5.41 Å². The summed E-state index contributed by atoms with van der Waals surface area (Å²) in [6.45, 7) is 6.77. The van der Waals surface area contributed by atoms with Crippen molar-refractivity contribution in [3.8, 4) is 5.69 Å². The molecule has 28 heavy (non-hydrogen) atoms. The standard InChI is InChI=1S/C20H26N6OS/c1-4-6-11-22-16(27)12-28-20-23-19-17(13(3)24-25-19)18(21)26(20)15-9-7-14(5-2)8-10-15/h7-10,21H,4-6,11-12H2,1-3H3,(H,22,27)(H,24,25). The van der Waals surface area contributed by atoms with E-state index in [1.807, 2.05) is 19.1 Å². The van der Waals surface area contributed by atoms with Crippen LogP contribution in [0, 0.1) is 12.3 Å². The van der Waals surface area contributed by atoms with Gasteiger partial charge in [0, 0.05) is 17.9 Å². The molecule has 2 aromatic heterocycles. The fourth-order valence-electron chi connectivity index (χ4n) is 2.93. The molecule has 0 aliphatic rings. The van der Waals surface area contributed by atoms with E-state index in [1.54, 1.807) is 4.57 Å². The van der Waals surface area contributed by atoms with Crippen LogP contribution in [-0.4, -0.2) is 38.0 Å². The molecule has 7 nitrogen and oxygen atoms in total. The summed E-state index contributed by atoms with van der Waals surface area (Å²) in [5.74, 6) is 0.218. The van der Waals surface area contributed by atoms with Crippen molar-refractivity contribution in [2.45, 2.75) is 45.2 Å². The molecular formula is C20H26N6OS. The minimum atomic E-state index is -0.0297. The van der Waals surface area contributed by atoms with Gasteiger partial charge in [-0.3, -0.25) is 19.9 Å². The van der Waals surface area contributed by atoms with Crippen molar-refractivity contribution in [2.75, 3.05) is 12.3 Å². The zero-order chi connectivity index (χ0) is 20.1. The first-order chi connectivity index (χ1) is 13.5. The molecule has 0 fully saturated rings. The van der Waals surface area contributed by atoms with Crippen LogP contribution in [0.4, 0.5) is 0 Å². The predicted octanol–water partition coefficient (Wildman–Crippen LogP) is 3.11. The van der Waals surface area contributed by atoms with Crippen molar-refractivity contribution in [3.05, 3.63) is 41.0 Å². The highest BCUT2D eigenvalue weighted by molar-refractivity contribution is 7.99. The van der Waals surface area contributed by atoms with Gasteiger partial charge in [-0.15, -0.1) is 0 Å². The molecular weight excluding hydrogens is 372 g/mol. The van der Waals surface area contributed by atoms with Gasteiger partial charge >= 0.3 is 0 Å². The largest absolute Gasteiger partial charge is 0.355 e. The van der Waals surface area contributed by atoms with Crippen molar-refractivity contribution < 1.29 is 4.79 Å². The van der Waals surface area contributed by atoms with Crippen molar-refractivity contribution >= 4 is 28.7 Å². The lowest BCUT2D eigenvalue weighted by Gasteiger charge is -2.14. The Balaban J connectivity index is 1.97. The fourth-order valence-corrected chi connectivity index (χ4v) is 3.77. The maximum Gasteiger partial charge on any atom is 0.230 e. The van der Waals surface area contributed by atoms with Gasteiger partial charge < -0.3 is 5.32 Å². The molecule has 1 amide bonds. The molecule has 0 atom stereocenters. The molecule has 0 saturated heterocycles. The molecule has 0 radical (unpaired) electrons. The first-order valence-corrected chi connectivity index (χ1v) is 10.5. The van der Waals surface area contributed by atoms with Crippen LogP contribution in [0.3, 0.4) is 0 Å². The number of aromatic amines is 1. The monoisotopic (exact) mass is 398 g/mol. The molecule has 0 bridgehead atoms. The molecule has 8 heteroatoms. The summed E-state index contributed by atoms with van der Waals surface area (Å²) in [7, 11) is 0. The van der Waals surface area contributed by atoms with Crippen LogP contribution in [0.2, 0.25) is 0 Å². The number of carbonyl (C=O) groups excluding carboxylic acids is 1. The lowest BCUT2D eigenvalue weighted by molar-refractivity contribution is -0.118. The maximum absolute atomic E-state index is 12.1. The van der Waals surface area contributed by atoms with Gasteiger partial charge in [0.2, 0.25) is 5.91 Å². The number of fused-ring (bicyclic) bond motifs is 1. The third kappa shape index (κ3) is 4.27. The third-order valence-corrected chi connectivity index (χ3v) is 5.51. The minimum Gasteiger partial charge on any atom is -0.355 e. The third-order valence-electron chi connectivity index (χ3n) is 4.57. The van der Waals surface area contributed by atoms with Gasteiger partial charge in [-0.05, 0) is 37.5 Å². The van der Waals surface area contributed by atoms with E-state index in [0.29, 0.717) is 28.2 Å². The number of carbonyl (C=O) groups is 1. The Bertz CT molecular complexity index is 1020. The SMILES string of the molecule is CCCCNC(=O)CSc1nc2n[nH]c(C)c2c(=N)n1-c1ccc(CC)cc1. The first-order valence-electron chi connectivity index (χ1n) is 9.56.